The summed E-state index contributed by atoms with van der Waals surface area (Å²) in [7, 11) is 1.35. The topological polar surface area (TPSA) is 67.9 Å². The molecule has 6 heteroatoms. The second-order valence-corrected chi connectivity index (χ2v) is 5.90. The summed E-state index contributed by atoms with van der Waals surface area (Å²) in [5, 5.41) is 3.12. The second-order valence-electron chi connectivity index (χ2n) is 5.90. The van der Waals surface area contributed by atoms with Crippen molar-refractivity contribution in [3.05, 3.63) is 0 Å². The fraction of sp³-hybridized carbons (Fsp3) is 0.857. The van der Waals surface area contributed by atoms with Gasteiger partial charge >= 0.3 is 5.97 Å². The Bertz CT molecular complexity index is 340. The molecule has 1 aliphatic heterocycles. The van der Waals surface area contributed by atoms with Crippen molar-refractivity contribution in [2.24, 2.45) is 5.92 Å². The van der Waals surface area contributed by atoms with Gasteiger partial charge in [0, 0.05) is 26.2 Å². The first-order chi connectivity index (χ1) is 9.36. The SMILES string of the molecule is COC(=O)CCN(CC(C)C)C(=O)COC1(C)CNC1. The number of nitrogens with one attached hydrogen (secondary N) is 1. The molecule has 1 aliphatic rings. The average Bonchev–Trinajstić information content (AvgIpc) is 2.37. The first kappa shape index (κ1) is 16.9. The van der Waals surface area contributed by atoms with E-state index in [0.717, 1.165) is 13.1 Å². The summed E-state index contributed by atoms with van der Waals surface area (Å²) in [6.07, 6.45) is 0.216. The van der Waals surface area contributed by atoms with Crippen molar-refractivity contribution in [3.8, 4) is 0 Å². The third-order valence-corrected chi connectivity index (χ3v) is 3.29. The van der Waals surface area contributed by atoms with Crippen LogP contribution in [0.25, 0.3) is 0 Å². The third-order valence-electron chi connectivity index (χ3n) is 3.29. The lowest BCUT2D eigenvalue weighted by Crippen LogP contribution is -2.59. The first-order valence-corrected chi connectivity index (χ1v) is 7.05. The average molecular weight is 286 g/mol. The summed E-state index contributed by atoms with van der Waals surface area (Å²) in [5.74, 6) is -0.0316. The van der Waals surface area contributed by atoms with Gasteiger partial charge in [-0.05, 0) is 12.8 Å². The van der Waals surface area contributed by atoms with Crippen molar-refractivity contribution in [2.75, 3.05) is 39.9 Å². The maximum Gasteiger partial charge on any atom is 0.307 e. The van der Waals surface area contributed by atoms with E-state index in [1.165, 1.54) is 7.11 Å². The van der Waals surface area contributed by atoms with Gasteiger partial charge in [0.25, 0.3) is 0 Å². The molecule has 20 heavy (non-hydrogen) atoms. The Hall–Kier alpha value is -1.14. The van der Waals surface area contributed by atoms with Gasteiger partial charge in [0.1, 0.15) is 6.61 Å². The highest BCUT2D eigenvalue weighted by molar-refractivity contribution is 5.78. The fourth-order valence-corrected chi connectivity index (χ4v) is 1.99. The molecule has 0 atom stereocenters. The van der Waals surface area contributed by atoms with Crippen LogP contribution in [0.3, 0.4) is 0 Å². The van der Waals surface area contributed by atoms with Gasteiger partial charge in [-0.15, -0.1) is 0 Å². The number of carbonyl (C=O) groups excluding carboxylic acids is 2. The first-order valence-electron chi connectivity index (χ1n) is 7.05. The molecule has 0 bridgehead atoms. The number of methoxy groups -OCH3 is 1. The highest BCUT2D eigenvalue weighted by Crippen LogP contribution is 2.15. The van der Waals surface area contributed by atoms with E-state index in [4.69, 9.17) is 4.74 Å². The van der Waals surface area contributed by atoms with Crippen LogP contribution in [0, 0.1) is 5.92 Å². The van der Waals surface area contributed by atoms with Crippen LogP contribution in [0.5, 0.6) is 0 Å². The minimum Gasteiger partial charge on any atom is -0.469 e. The van der Waals surface area contributed by atoms with Crippen LogP contribution in [0.1, 0.15) is 27.2 Å². The molecule has 0 saturated carbocycles. The number of carbonyl (C=O) groups is 2. The second kappa shape index (κ2) is 7.59. The molecule has 0 aromatic rings. The Morgan fingerprint density at radius 3 is 2.45 bits per heavy atom. The normalized spacial score (nSPS) is 16.6. The zero-order chi connectivity index (χ0) is 15.2. The summed E-state index contributed by atoms with van der Waals surface area (Å²) in [4.78, 5) is 25.1. The molecule has 0 unspecified atom stereocenters. The summed E-state index contributed by atoms with van der Waals surface area (Å²) < 4.78 is 10.3. The van der Waals surface area contributed by atoms with Gasteiger partial charge in [0.15, 0.2) is 0 Å². The largest absolute Gasteiger partial charge is 0.469 e. The quantitative estimate of drug-likeness (QED) is 0.655. The Balaban J connectivity index is 2.43. The molecule has 1 rings (SSSR count). The van der Waals surface area contributed by atoms with Gasteiger partial charge < -0.3 is 19.7 Å². The zero-order valence-electron chi connectivity index (χ0n) is 12.9. The molecular weight excluding hydrogens is 260 g/mol. The van der Waals surface area contributed by atoms with Crippen LogP contribution in [0.2, 0.25) is 0 Å². The standard InChI is InChI=1S/C14H26N2O4/c1-11(2)7-16(6-5-13(18)19-4)12(17)8-20-14(3)9-15-10-14/h11,15H,5-10H2,1-4H3. The Morgan fingerprint density at radius 1 is 1.35 bits per heavy atom. The van der Waals surface area contributed by atoms with Crippen LogP contribution >= 0.6 is 0 Å². The van der Waals surface area contributed by atoms with E-state index < -0.39 is 0 Å². The number of hydrogen-bond acceptors (Lipinski definition) is 5. The monoisotopic (exact) mass is 286 g/mol. The summed E-state index contributed by atoms with van der Waals surface area (Å²) in [6.45, 7) is 8.66. The van der Waals surface area contributed by atoms with Gasteiger partial charge in [-0.1, -0.05) is 13.8 Å². The van der Waals surface area contributed by atoms with E-state index in [1.54, 1.807) is 4.90 Å². The molecule has 6 nitrogen and oxygen atoms in total. The van der Waals surface area contributed by atoms with Crippen molar-refractivity contribution >= 4 is 11.9 Å². The molecule has 1 heterocycles. The number of amides is 1. The lowest BCUT2D eigenvalue weighted by molar-refractivity contribution is -0.148. The highest BCUT2D eigenvalue weighted by atomic mass is 16.5. The Morgan fingerprint density at radius 2 is 2.00 bits per heavy atom. The molecule has 1 fully saturated rings. The molecule has 0 spiro atoms. The van der Waals surface area contributed by atoms with E-state index in [-0.39, 0.29) is 30.5 Å². The molecule has 116 valence electrons. The van der Waals surface area contributed by atoms with Crippen LogP contribution in [-0.2, 0) is 19.1 Å². The molecule has 1 saturated heterocycles. The van der Waals surface area contributed by atoms with Gasteiger partial charge in [-0.3, -0.25) is 9.59 Å². The van der Waals surface area contributed by atoms with Crippen LogP contribution < -0.4 is 5.32 Å². The minimum atomic E-state index is -0.303. The van der Waals surface area contributed by atoms with Gasteiger partial charge in [0.2, 0.25) is 5.91 Å². The summed E-state index contributed by atoms with van der Waals surface area (Å²) >= 11 is 0. The molecule has 0 aromatic heterocycles. The maximum absolute atomic E-state index is 12.2. The van der Waals surface area contributed by atoms with Crippen molar-refractivity contribution < 1.29 is 19.1 Å². The molecule has 1 amide bonds. The van der Waals surface area contributed by atoms with Crippen LogP contribution in [0.15, 0.2) is 0 Å². The number of rotatable bonds is 8. The van der Waals surface area contributed by atoms with Crippen LogP contribution in [-0.4, -0.2) is 62.3 Å². The number of hydrogen-bond donors (Lipinski definition) is 1. The summed E-state index contributed by atoms with van der Waals surface area (Å²) in [6, 6.07) is 0. The number of ether oxygens (including phenoxy) is 2. The molecule has 0 aromatic carbocycles. The molecule has 0 radical (unpaired) electrons. The van der Waals surface area contributed by atoms with Crippen molar-refractivity contribution in [2.45, 2.75) is 32.8 Å². The predicted octanol–water partition coefficient (Wildman–Crippen LogP) is 0.413. The van der Waals surface area contributed by atoms with Crippen molar-refractivity contribution in [3.63, 3.8) is 0 Å². The Labute approximate surface area is 120 Å². The molecule has 1 N–H and O–H groups in total. The van der Waals surface area contributed by atoms with E-state index in [0.29, 0.717) is 19.0 Å². The van der Waals surface area contributed by atoms with Gasteiger partial charge in [-0.25, -0.2) is 0 Å². The van der Waals surface area contributed by atoms with Gasteiger partial charge in [-0.2, -0.15) is 0 Å². The Kier molecular flexibility index (Phi) is 6.42. The van der Waals surface area contributed by atoms with Crippen molar-refractivity contribution in [1.82, 2.24) is 10.2 Å². The lowest BCUT2D eigenvalue weighted by Gasteiger charge is -2.39. The maximum atomic E-state index is 12.2. The zero-order valence-corrected chi connectivity index (χ0v) is 12.9. The minimum absolute atomic E-state index is 0.0616. The van der Waals surface area contributed by atoms with Gasteiger partial charge in [0.05, 0.1) is 19.1 Å². The third kappa shape index (κ3) is 5.46. The molecule has 0 aliphatic carbocycles. The number of esters is 1. The van der Waals surface area contributed by atoms with E-state index in [9.17, 15) is 9.59 Å². The summed E-state index contributed by atoms with van der Waals surface area (Å²) in [5.41, 5.74) is -0.235. The number of nitrogens with zero attached hydrogens (tertiary/aromatic N) is 1. The van der Waals surface area contributed by atoms with E-state index in [2.05, 4.69) is 10.1 Å². The van der Waals surface area contributed by atoms with Crippen LogP contribution in [0.4, 0.5) is 0 Å². The molecular formula is C14H26N2O4. The lowest BCUT2D eigenvalue weighted by atomic mass is 10.0. The van der Waals surface area contributed by atoms with E-state index in [1.807, 2.05) is 20.8 Å². The van der Waals surface area contributed by atoms with E-state index >= 15 is 0 Å². The highest BCUT2D eigenvalue weighted by Gasteiger charge is 2.33. The predicted molar refractivity (Wildman–Crippen MR) is 75.3 cm³/mol. The fourth-order valence-electron chi connectivity index (χ4n) is 1.99. The van der Waals surface area contributed by atoms with Crippen molar-refractivity contribution in [1.29, 1.82) is 0 Å². The smallest absolute Gasteiger partial charge is 0.307 e.